The van der Waals surface area contributed by atoms with Crippen LogP contribution >= 0.6 is 0 Å². The van der Waals surface area contributed by atoms with Crippen molar-refractivity contribution in [2.45, 2.75) is 19.1 Å². The van der Waals surface area contributed by atoms with Gasteiger partial charge in [0.25, 0.3) is 0 Å². The fraction of sp³-hybridized carbons (Fsp3) is 0.667. The molecule has 11 heavy (non-hydrogen) atoms. The lowest BCUT2D eigenvalue weighted by atomic mass is 10.2. The first kappa shape index (κ1) is 9.88. The average Bonchev–Trinajstić information content (AvgIpc) is 1.86. The third-order valence-electron chi connectivity index (χ3n) is 0.999. The molecule has 0 aromatic rings. The second-order valence-electron chi connectivity index (χ2n) is 2.44. The molecule has 0 saturated heterocycles. The fourth-order valence-corrected chi connectivity index (χ4v) is 0.600. The number of carbonyl (C=O) groups is 1. The van der Waals surface area contributed by atoms with Gasteiger partial charge in [0.1, 0.15) is 5.72 Å². The van der Waals surface area contributed by atoms with Gasteiger partial charge in [-0.1, -0.05) is 0 Å². The monoisotopic (exact) mass is 157 g/mol. The molecule has 1 unspecified atom stereocenters. The van der Waals surface area contributed by atoms with Crippen LogP contribution in [0.3, 0.4) is 0 Å². The van der Waals surface area contributed by atoms with Crippen molar-refractivity contribution >= 4 is 6.41 Å². The second kappa shape index (κ2) is 3.91. The molecule has 0 spiro atoms. The first-order chi connectivity index (χ1) is 5.02. The number of aliphatic hydroxyl groups is 1. The van der Waals surface area contributed by atoms with E-state index < -0.39 is 5.72 Å². The molecule has 0 aromatic carbocycles. The molecule has 0 saturated carbocycles. The van der Waals surface area contributed by atoms with Gasteiger partial charge in [-0.15, -0.1) is 0 Å². The number of nitrogens with one attached hydrogen (secondary N) is 1. The topological polar surface area (TPSA) is 76.4 Å². The molecule has 0 fully saturated rings. The van der Waals surface area contributed by atoms with Crippen LogP contribution in [-0.4, -0.2) is 29.3 Å². The Morgan fingerprint density at radius 3 is 2.82 bits per heavy atom. The Bertz CT molecular complexity index is 173. The number of rotatable bonds is 4. The summed E-state index contributed by atoms with van der Waals surface area (Å²) in [6.07, 6.45) is 0.428. The van der Waals surface area contributed by atoms with Crippen LogP contribution in [0.25, 0.3) is 0 Å². The van der Waals surface area contributed by atoms with Crippen LogP contribution in [0.5, 0.6) is 0 Å². The normalized spacial score (nSPS) is 14.7. The van der Waals surface area contributed by atoms with Gasteiger partial charge < -0.3 is 5.11 Å². The standard InChI is InChI=1S/C6H11N3O2/c1-6(11,3-4-7)8-9(2)5-10/h5,8,11H,3H2,1-2H3. The summed E-state index contributed by atoms with van der Waals surface area (Å²) in [5.74, 6) is 0. The van der Waals surface area contributed by atoms with E-state index in [9.17, 15) is 9.90 Å². The quantitative estimate of drug-likeness (QED) is 0.318. The molecule has 0 bridgehead atoms. The van der Waals surface area contributed by atoms with Crippen molar-refractivity contribution in [1.82, 2.24) is 10.4 Å². The number of nitriles is 1. The maximum atomic E-state index is 10.1. The lowest BCUT2D eigenvalue weighted by molar-refractivity contribution is -0.126. The Morgan fingerprint density at radius 1 is 1.91 bits per heavy atom. The van der Waals surface area contributed by atoms with E-state index in [-0.39, 0.29) is 6.42 Å². The van der Waals surface area contributed by atoms with Crippen LogP contribution in [-0.2, 0) is 4.79 Å². The Kier molecular flexibility index (Phi) is 3.51. The summed E-state index contributed by atoms with van der Waals surface area (Å²) in [6, 6.07) is 1.78. The van der Waals surface area contributed by atoms with Crippen LogP contribution in [0.15, 0.2) is 0 Å². The van der Waals surface area contributed by atoms with Gasteiger partial charge in [-0.2, -0.15) is 5.26 Å². The van der Waals surface area contributed by atoms with Crippen LogP contribution in [0, 0.1) is 11.3 Å². The minimum absolute atomic E-state index is 0.0782. The lowest BCUT2D eigenvalue weighted by Crippen LogP contribution is -2.50. The van der Waals surface area contributed by atoms with Gasteiger partial charge in [0.2, 0.25) is 6.41 Å². The highest BCUT2D eigenvalue weighted by Gasteiger charge is 2.20. The SMILES string of the molecule is CN(C=O)NC(C)(O)CC#N. The van der Waals surface area contributed by atoms with Gasteiger partial charge in [0.15, 0.2) is 0 Å². The fourth-order valence-electron chi connectivity index (χ4n) is 0.600. The van der Waals surface area contributed by atoms with Crippen LogP contribution < -0.4 is 5.43 Å². The molecular weight excluding hydrogens is 146 g/mol. The van der Waals surface area contributed by atoms with Crippen LogP contribution in [0.1, 0.15) is 13.3 Å². The van der Waals surface area contributed by atoms with Crippen molar-refractivity contribution < 1.29 is 9.90 Å². The van der Waals surface area contributed by atoms with Crippen LogP contribution in [0.2, 0.25) is 0 Å². The Morgan fingerprint density at radius 2 is 2.45 bits per heavy atom. The van der Waals surface area contributed by atoms with E-state index in [1.54, 1.807) is 6.07 Å². The third kappa shape index (κ3) is 4.31. The smallest absolute Gasteiger partial charge is 0.223 e. The zero-order chi connectivity index (χ0) is 8.91. The lowest BCUT2D eigenvalue weighted by Gasteiger charge is -2.25. The first-order valence-corrected chi connectivity index (χ1v) is 3.07. The molecule has 5 nitrogen and oxygen atoms in total. The van der Waals surface area contributed by atoms with E-state index in [4.69, 9.17) is 5.26 Å². The zero-order valence-corrected chi connectivity index (χ0v) is 6.53. The van der Waals surface area contributed by atoms with Gasteiger partial charge in [-0.3, -0.25) is 9.80 Å². The summed E-state index contributed by atoms with van der Waals surface area (Å²) in [5, 5.41) is 18.6. The molecular formula is C6H11N3O2. The molecule has 0 aliphatic carbocycles. The molecule has 0 aliphatic heterocycles. The highest BCUT2D eigenvalue weighted by molar-refractivity contribution is 5.45. The average molecular weight is 157 g/mol. The molecule has 0 radical (unpaired) electrons. The van der Waals surface area contributed by atoms with Crippen LogP contribution in [0.4, 0.5) is 0 Å². The van der Waals surface area contributed by atoms with Crippen molar-refractivity contribution in [1.29, 1.82) is 5.26 Å². The number of hydrogen-bond donors (Lipinski definition) is 2. The zero-order valence-electron chi connectivity index (χ0n) is 6.53. The molecule has 62 valence electrons. The predicted octanol–water partition coefficient (Wildman–Crippen LogP) is -0.799. The number of hydrazine groups is 1. The Labute approximate surface area is 65.2 Å². The van der Waals surface area contributed by atoms with E-state index in [1.165, 1.54) is 14.0 Å². The minimum Gasteiger partial charge on any atom is -0.373 e. The van der Waals surface area contributed by atoms with Gasteiger partial charge in [-0.05, 0) is 6.92 Å². The highest BCUT2D eigenvalue weighted by Crippen LogP contribution is 2.02. The summed E-state index contributed by atoms with van der Waals surface area (Å²) in [7, 11) is 1.44. The molecule has 0 rings (SSSR count). The van der Waals surface area contributed by atoms with Crippen molar-refractivity contribution in [3.8, 4) is 6.07 Å². The number of hydrogen-bond acceptors (Lipinski definition) is 4. The molecule has 1 amide bonds. The van der Waals surface area contributed by atoms with E-state index >= 15 is 0 Å². The summed E-state index contributed by atoms with van der Waals surface area (Å²) in [6.45, 7) is 1.41. The molecule has 2 N–H and O–H groups in total. The summed E-state index contributed by atoms with van der Waals surface area (Å²) < 4.78 is 0. The second-order valence-corrected chi connectivity index (χ2v) is 2.44. The van der Waals surface area contributed by atoms with E-state index in [0.717, 1.165) is 5.01 Å². The van der Waals surface area contributed by atoms with Crippen molar-refractivity contribution in [3.05, 3.63) is 0 Å². The first-order valence-electron chi connectivity index (χ1n) is 3.07. The van der Waals surface area contributed by atoms with E-state index in [0.29, 0.717) is 6.41 Å². The highest BCUT2D eigenvalue weighted by atomic mass is 16.3. The Balaban J connectivity index is 3.91. The molecule has 5 heteroatoms. The van der Waals surface area contributed by atoms with Gasteiger partial charge in [-0.25, -0.2) is 5.43 Å². The molecule has 0 heterocycles. The summed E-state index contributed by atoms with van der Waals surface area (Å²) in [5.41, 5.74) is 1.06. The number of nitrogens with zero attached hydrogens (tertiary/aromatic N) is 2. The van der Waals surface area contributed by atoms with Crippen molar-refractivity contribution in [2.24, 2.45) is 0 Å². The molecule has 0 aliphatic rings. The van der Waals surface area contributed by atoms with Gasteiger partial charge in [0, 0.05) is 7.05 Å². The van der Waals surface area contributed by atoms with Gasteiger partial charge in [0.05, 0.1) is 12.5 Å². The summed E-state index contributed by atoms with van der Waals surface area (Å²) >= 11 is 0. The van der Waals surface area contributed by atoms with E-state index in [2.05, 4.69) is 5.43 Å². The predicted molar refractivity (Wildman–Crippen MR) is 37.8 cm³/mol. The number of amides is 1. The number of carbonyl (C=O) groups excluding carboxylic acids is 1. The summed E-state index contributed by atoms with van der Waals surface area (Å²) in [4.78, 5) is 10.1. The van der Waals surface area contributed by atoms with Gasteiger partial charge >= 0.3 is 0 Å². The molecule has 1 atom stereocenters. The van der Waals surface area contributed by atoms with Crippen molar-refractivity contribution in [3.63, 3.8) is 0 Å². The minimum atomic E-state index is -1.34. The van der Waals surface area contributed by atoms with Crippen molar-refractivity contribution in [2.75, 3.05) is 7.05 Å². The molecule has 0 aromatic heterocycles. The maximum Gasteiger partial charge on any atom is 0.223 e. The Hall–Kier alpha value is -1.12. The maximum absolute atomic E-state index is 10.1. The van der Waals surface area contributed by atoms with E-state index in [1.807, 2.05) is 0 Å². The largest absolute Gasteiger partial charge is 0.373 e. The third-order valence-corrected chi connectivity index (χ3v) is 0.999.